The van der Waals surface area contributed by atoms with Gasteiger partial charge in [0.1, 0.15) is 17.3 Å². The molecule has 2 aliphatic rings. The van der Waals surface area contributed by atoms with Gasteiger partial charge in [0.2, 0.25) is 5.91 Å². The fourth-order valence-corrected chi connectivity index (χ4v) is 5.72. The molecule has 0 bridgehead atoms. The highest BCUT2D eigenvalue weighted by Gasteiger charge is 2.34. The van der Waals surface area contributed by atoms with E-state index in [0.29, 0.717) is 30.3 Å². The van der Waals surface area contributed by atoms with Crippen molar-refractivity contribution in [3.8, 4) is 0 Å². The summed E-state index contributed by atoms with van der Waals surface area (Å²) in [5, 5.41) is 2.74. The van der Waals surface area contributed by atoms with Gasteiger partial charge in [0.25, 0.3) is 0 Å². The summed E-state index contributed by atoms with van der Waals surface area (Å²) in [6.45, 7) is 4.07. The molecule has 1 aromatic heterocycles. The molecule has 2 atom stereocenters. The number of hydrogen-bond donors (Lipinski definition) is 1. The lowest BCUT2D eigenvalue weighted by atomic mass is 9.94. The molecule has 0 radical (unpaired) electrons. The number of amides is 1. The van der Waals surface area contributed by atoms with Crippen LogP contribution < -0.4 is 14.5 Å². The van der Waals surface area contributed by atoms with Crippen molar-refractivity contribution in [2.45, 2.75) is 63.7 Å². The highest BCUT2D eigenvalue weighted by Crippen LogP contribution is 2.32. The first-order chi connectivity index (χ1) is 19.0. The number of carbonyl (C=O) groups excluding carboxylic acids is 1. The van der Waals surface area contributed by atoms with Crippen molar-refractivity contribution >= 4 is 28.7 Å². The van der Waals surface area contributed by atoms with Gasteiger partial charge in [-0.3, -0.25) is 13.9 Å². The number of anilines is 2. The number of benzene rings is 1. The SMILES string of the molecule is CC(C(=O)NCc1ccc(C(F)(F)F)nc1N1CCN(C2CCCCC2)CC1)c1ccc(N(C)S(=O)[O-])c(F)c1. The minimum atomic E-state index is -4.60. The van der Waals surface area contributed by atoms with Gasteiger partial charge in [-0.2, -0.15) is 13.2 Å². The number of pyridine rings is 1. The number of nitrogens with zero attached hydrogens (tertiary/aromatic N) is 4. The maximum absolute atomic E-state index is 14.5. The Balaban J connectivity index is 1.46. The van der Waals surface area contributed by atoms with E-state index >= 15 is 0 Å². The van der Waals surface area contributed by atoms with E-state index in [1.54, 1.807) is 6.92 Å². The number of nitrogens with one attached hydrogen (secondary N) is 1. The number of rotatable bonds is 8. The molecule has 2 heterocycles. The molecule has 1 saturated carbocycles. The highest BCUT2D eigenvalue weighted by molar-refractivity contribution is 7.80. The van der Waals surface area contributed by atoms with Crippen LogP contribution in [0.5, 0.6) is 0 Å². The molecule has 0 spiro atoms. The fraction of sp³-hybridized carbons (Fsp3) is 0.556. The first-order valence-corrected chi connectivity index (χ1v) is 14.4. The lowest BCUT2D eigenvalue weighted by molar-refractivity contribution is -0.141. The largest absolute Gasteiger partial charge is 0.755 e. The maximum atomic E-state index is 14.5. The summed E-state index contributed by atoms with van der Waals surface area (Å²) >= 11 is -2.66. The van der Waals surface area contributed by atoms with Gasteiger partial charge in [-0.05, 0) is 43.5 Å². The molecule has 13 heteroatoms. The van der Waals surface area contributed by atoms with Gasteiger partial charge >= 0.3 is 6.18 Å². The lowest BCUT2D eigenvalue weighted by Gasteiger charge is -2.41. The predicted molar refractivity (Wildman–Crippen MR) is 144 cm³/mol. The predicted octanol–water partition coefficient (Wildman–Crippen LogP) is 4.34. The Labute approximate surface area is 234 Å². The van der Waals surface area contributed by atoms with Crippen LogP contribution >= 0.6 is 0 Å². The van der Waals surface area contributed by atoms with E-state index in [9.17, 15) is 31.1 Å². The average Bonchev–Trinajstić information content (AvgIpc) is 2.95. The monoisotopic (exact) mass is 584 g/mol. The van der Waals surface area contributed by atoms with Crippen LogP contribution in [0.25, 0.3) is 0 Å². The first-order valence-electron chi connectivity index (χ1n) is 13.4. The molecule has 1 saturated heterocycles. The van der Waals surface area contributed by atoms with Crippen LogP contribution in [0.2, 0.25) is 0 Å². The fourth-order valence-electron chi connectivity index (χ4n) is 5.41. The third kappa shape index (κ3) is 7.10. The van der Waals surface area contributed by atoms with Gasteiger partial charge in [0.15, 0.2) is 0 Å². The summed E-state index contributed by atoms with van der Waals surface area (Å²) in [6, 6.07) is 6.61. The van der Waals surface area contributed by atoms with Crippen LogP contribution in [0.15, 0.2) is 30.3 Å². The Bertz CT molecular complexity index is 1220. The minimum absolute atomic E-state index is 0.0506. The third-order valence-electron chi connectivity index (χ3n) is 7.83. The van der Waals surface area contributed by atoms with E-state index in [-0.39, 0.29) is 18.1 Å². The normalized spacial score (nSPS) is 18.8. The molecule has 4 rings (SSSR count). The molecule has 1 aliphatic heterocycles. The third-order valence-corrected chi connectivity index (χ3v) is 8.48. The Hall–Kier alpha value is -2.77. The Morgan fingerprint density at radius 2 is 1.82 bits per heavy atom. The van der Waals surface area contributed by atoms with Gasteiger partial charge in [0, 0.05) is 62.6 Å². The zero-order valence-electron chi connectivity index (χ0n) is 22.5. The molecular weight excluding hydrogens is 550 g/mol. The number of hydrogen-bond acceptors (Lipinski definition) is 6. The van der Waals surface area contributed by atoms with Crippen LogP contribution in [-0.4, -0.2) is 63.8 Å². The Kier molecular flexibility index (Phi) is 9.68. The number of carbonyl (C=O) groups is 1. The van der Waals surface area contributed by atoms with Crippen molar-refractivity contribution in [2.24, 2.45) is 0 Å². The maximum Gasteiger partial charge on any atom is 0.433 e. The van der Waals surface area contributed by atoms with Crippen molar-refractivity contribution in [2.75, 3.05) is 42.4 Å². The molecular formula is C27H34F4N5O3S-. The van der Waals surface area contributed by atoms with E-state index < -0.39 is 40.8 Å². The van der Waals surface area contributed by atoms with Crippen molar-refractivity contribution in [1.29, 1.82) is 0 Å². The second kappa shape index (κ2) is 12.8. The second-order valence-electron chi connectivity index (χ2n) is 10.4. The number of piperazine rings is 1. The number of alkyl halides is 3. The summed E-state index contributed by atoms with van der Waals surface area (Å²) in [4.78, 5) is 21.2. The van der Waals surface area contributed by atoms with Gasteiger partial charge in [0.05, 0.1) is 11.6 Å². The lowest BCUT2D eigenvalue weighted by Crippen LogP contribution is -2.51. The molecule has 1 amide bonds. The molecule has 1 N–H and O–H groups in total. The van der Waals surface area contributed by atoms with Crippen molar-refractivity contribution < 1.29 is 31.1 Å². The highest BCUT2D eigenvalue weighted by atomic mass is 32.2. The van der Waals surface area contributed by atoms with E-state index in [1.165, 1.54) is 44.5 Å². The topological polar surface area (TPSA) is 91.8 Å². The quantitative estimate of drug-likeness (QED) is 0.367. The second-order valence-corrected chi connectivity index (χ2v) is 11.3. The van der Waals surface area contributed by atoms with Crippen molar-refractivity contribution in [3.63, 3.8) is 0 Å². The summed E-state index contributed by atoms with van der Waals surface area (Å²) in [5.41, 5.74) is -0.358. The summed E-state index contributed by atoms with van der Waals surface area (Å²) in [6.07, 6.45) is 1.36. The standard InChI is InChI=1S/C27H35F4N5O3S/c1-18(19-8-10-23(22(28)16-19)34(2)40(38)39)26(37)32-17-20-9-11-24(27(29,30)31)33-25(20)36-14-12-35(13-15-36)21-6-4-3-5-7-21/h8-11,16,18,21H,3-7,12-15,17H2,1-2H3,(H,32,37)(H,38,39)/p-1. The summed E-state index contributed by atoms with van der Waals surface area (Å²) in [7, 11) is 1.20. The first kappa shape index (κ1) is 30.2. The Morgan fingerprint density at radius 3 is 2.42 bits per heavy atom. The van der Waals surface area contributed by atoms with Gasteiger partial charge in [-0.1, -0.05) is 31.4 Å². The van der Waals surface area contributed by atoms with Gasteiger partial charge < -0.3 is 19.1 Å². The molecule has 2 unspecified atom stereocenters. The van der Waals surface area contributed by atoms with Crippen LogP contribution in [0, 0.1) is 5.82 Å². The molecule has 2 fully saturated rings. The average molecular weight is 585 g/mol. The van der Waals surface area contributed by atoms with Gasteiger partial charge in [-0.15, -0.1) is 0 Å². The van der Waals surface area contributed by atoms with Crippen LogP contribution in [0.4, 0.5) is 29.1 Å². The van der Waals surface area contributed by atoms with Crippen LogP contribution in [-0.2, 0) is 28.8 Å². The molecule has 2 aromatic rings. The molecule has 1 aromatic carbocycles. The molecule has 1 aliphatic carbocycles. The minimum Gasteiger partial charge on any atom is -0.755 e. The van der Waals surface area contributed by atoms with Crippen molar-refractivity contribution in [3.05, 3.63) is 53.0 Å². The van der Waals surface area contributed by atoms with Crippen LogP contribution in [0.3, 0.4) is 0 Å². The summed E-state index contributed by atoms with van der Waals surface area (Å²) in [5.74, 6) is -1.85. The zero-order valence-corrected chi connectivity index (χ0v) is 23.4. The molecule has 220 valence electrons. The van der Waals surface area contributed by atoms with E-state index in [2.05, 4.69) is 15.2 Å². The molecule has 8 nitrogen and oxygen atoms in total. The van der Waals surface area contributed by atoms with Gasteiger partial charge in [-0.25, -0.2) is 9.37 Å². The van der Waals surface area contributed by atoms with E-state index in [1.807, 2.05) is 4.90 Å². The number of halogens is 4. The summed E-state index contributed by atoms with van der Waals surface area (Å²) < 4.78 is 78.0. The smallest absolute Gasteiger partial charge is 0.433 e. The van der Waals surface area contributed by atoms with Crippen molar-refractivity contribution in [1.82, 2.24) is 15.2 Å². The van der Waals surface area contributed by atoms with E-state index in [4.69, 9.17) is 0 Å². The Morgan fingerprint density at radius 1 is 1.15 bits per heavy atom. The van der Waals surface area contributed by atoms with Crippen LogP contribution in [0.1, 0.15) is 61.8 Å². The molecule has 40 heavy (non-hydrogen) atoms. The number of aromatic nitrogens is 1. The zero-order chi connectivity index (χ0) is 29.0. The van der Waals surface area contributed by atoms with E-state index in [0.717, 1.165) is 42.4 Å².